The van der Waals surface area contributed by atoms with Crippen molar-refractivity contribution < 1.29 is 4.79 Å². The van der Waals surface area contributed by atoms with Gasteiger partial charge in [-0.2, -0.15) is 0 Å². The number of hydrogen-bond acceptors (Lipinski definition) is 4. The van der Waals surface area contributed by atoms with Gasteiger partial charge in [0.15, 0.2) is 0 Å². The monoisotopic (exact) mass is 283 g/mol. The molecule has 1 aliphatic rings. The van der Waals surface area contributed by atoms with Crippen molar-refractivity contribution >= 4 is 43.9 Å². The molecule has 2 aromatic heterocycles. The molecular formula is C15H13N3OS. The first-order valence-electron chi connectivity index (χ1n) is 6.60. The second kappa shape index (κ2) is 4.18. The number of benzene rings is 1. The van der Waals surface area contributed by atoms with Gasteiger partial charge in [0.05, 0.1) is 11.2 Å². The van der Waals surface area contributed by atoms with Crippen LogP contribution in [-0.2, 0) is 0 Å². The molecule has 1 fully saturated rings. The Labute approximate surface area is 119 Å². The zero-order valence-electron chi connectivity index (χ0n) is 10.7. The molecule has 20 heavy (non-hydrogen) atoms. The number of nitrogens with two attached hydrogens (primary N) is 1. The van der Waals surface area contributed by atoms with Crippen LogP contribution in [-0.4, -0.2) is 16.9 Å². The van der Waals surface area contributed by atoms with Crippen molar-refractivity contribution in [1.82, 2.24) is 10.3 Å². The van der Waals surface area contributed by atoms with Crippen LogP contribution in [0, 0.1) is 0 Å². The van der Waals surface area contributed by atoms with Crippen LogP contribution in [0.25, 0.3) is 21.0 Å². The average Bonchev–Trinajstić information content (AvgIpc) is 3.21. The van der Waals surface area contributed by atoms with Crippen LogP contribution in [0.15, 0.2) is 30.5 Å². The van der Waals surface area contributed by atoms with Crippen molar-refractivity contribution in [2.45, 2.75) is 18.9 Å². The lowest BCUT2D eigenvalue weighted by molar-refractivity contribution is 0.0956. The second-order valence-corrected chi connectivity index (χ2v) is 6.13. The van der Waals surface area contributed by atoms with E-state index in [9.17, 15) is 4.79 Å². The summed E-state index contributed by atoms with van der Waals surface area (Å²) >= 11 is 1.45. The van der Waals surface area contributed by atoms with E-state index in [1.807, 2.05) is 24.3 Å². The molecule has 0 bridgehead atoms. The molecule has 1 saturated carbocycles. The third-order valence-corrected chi connectivity index (χ3v) is 4.84. The highest BCUT2D eigenvalue weighted by molar-refractivity contribution is 7.22. The molecule has 0 spiro atoms. The van der Waals surface area contributed by atoms with Crippen molar-refractivity contribution in [1.29, 1.82) is 0 Å². The summed E-state index contributed by atoms with van der Waals surface area (Å²) in [5.41, 5.74) is 7.61. The first-order valence-corrected chi connectivity index (χ1v) is 7.42. The number of fused-ring (bicyclic) bond motifs is 3. The van der Waals surface area contributed by atoms with E-state index in [-0.39, 0.29) is 5.91 Å². The first-order chi connectivity index (χ1) is 9.74. The number of carbonyl (C=O) groups excluding carboxylic acids is 1. The first kappa shape index (κ1) is 11.7. The van der Waals surface area contributed by atoms with Crippen molar-refractivity contribution in [2.24, 2.45) is 0 Å². The zero-order chi connectivity index (χ0) is 13.7. The summed E-state index contributed by atoms with van der Waals surface area (Å²) in [5.74, 6) is -0.0599. The van der Waals surface area contributed by atoms with Gasteiger partial charge in [-0.3, -0.25) is 9.78 Å². The fourth-order valence-electron chi connectivity index (χ4n) is 2.34. The number of anilines is 1. The summed E-state index contributed by atoms with van der Waals surface area (Å²) in [7, 11) is 0. The second-order valence-electron chi connectivity index (χ2n) is 5.11. The van der Waals surface area contributed by atoms with Crippen molar-refractivity contribution in [3.8, 4) is 0 Å². The van der Waals surface area contributed by atoms with Gasteiger partial charge in [-0.25, -0.2) is 0 Å². The van der Waals surface area contributed by atoms with Crippen molar-refractivity contribution in [3.63, 3.8) is 0 Å². The molecule has 0 aliphatic heterocycles. The molecule has 2 heterocycles. The lowest BCUT2D eigenvalue weighted by Gasteiger charge is -2.00. The van der Waals surface area contributed by atoms with E-state index in [2.05, 4.69) is 10.3 Å². The maximum atomic E-state index is 12.2. The van der Waals surface area contributed by atoms with Crippen molar-refractivity contribution in [3.05, 3.63) is 35.3 Å². The largest absolute Gasteiger partial charge is 0.397 e. The van der Waals surface area contributed by atoms with Crippen molar-refractivity contribution in [2.75, 3.05) is 5.73 Å². The highest BCUT2D eigenvalue weighted by Crippen LogP contribution is 2.37. The lowest BCUT2D eigenvalue weighted by atomic mass is 10.1. The van der Waals surface area contributed by atoms with E-state index >= 15 is 0 Å². The molecule has 4 nitrogen and oxygen atoms in total. The quantitative estimate of drug-likeness (QED) is 0.760. The summed E-state index contributed by atoms with van der Waals surface area (Å²) in [6.07, 6.45) is 3.90. The van der Waals surface area contributed by atoms with Gasteiger partial charge in [-0.05, 0) is 18.9 Å². The minimum absolute atomic E-state index is 0.0599. The summed E-state index contributed by atoms with van der Waals surface area (Å²) in [6, 6.07) is 8.25. The van der Waals surface area contributed by atoms with Gasteiger partial charge < -0.3 is 11.1 Å². The summed E-state index contributed by atoms with van der Waals surface area (Å²) < 4.78 is 1.04. The van der Waals surface area contributed by atoms with Gasteiger partial charge in [-0.1, -0.05) is 18.2 Å². The SMILES string of the molecule is Nc1c(C(=O)NC2CC2)sc2c1cnc1ccccc12. The third kappa shape index (κ3) is 1.74. The maximum absolute atomic E-state index is 12.2. The highest BCUT2D eigenvalue weighted by atomic mass is 32.1. The maximum Gasteiger partial charge on any atom is 0.263 e. The zero-order valence-corrected chi connectivity index (χ0v) is 11.5. The van der Waals surface area contributed by atoms with E-state index in [0.717, 1.165) is 33.8 Å². The van der Waals surface area contributed by atoms with Gasteiger partial charge in [0, 0.05) is 27.7 Å². The molecule has 3 N–H and O–H groups in total. The number of nitrogen functional groups attached to an aromatic ring is 1. The number of aromatic nitrogens is 1. The van der Waals surface area contributed by atoms with Gasteiger partial charge >= 0.3 is 0 Å². The van der Waals surface area contributed by atoms with Crippen LogP contribution >= 0.6 is 11.3 Å². The fraction of sp³-hybridized carbons (Fsp3) is 0.200. The molecular weight excluding hydrogens is 270 g/mol. The number of amides is 1. The minimum Gasteiger partial charge on any atom is -0.397 e. The summed E-state index contributed by atoms with van der Waals surface area (Å²) in [4.78, 5) is 17.2. The van der Waals surface area contributed by atoms with Crippen LogP contribution in [0.3, 0.4) is 0 Å². The van der Waals surface area contributed by atoms with Crippen LogP contribution in [0.5, 0.6) is 0 Å². The molecule has 4 rings (SSSR count). The van der Waals surface area contributed by atoms with E-state index in [4.69, 9.17) is 5.73 Å². The predicted octanol–water partition coefficient (Wildman–Crippen LogP) is 2.92. The van der Waals surface area contributed by atoms with E-state index in [1.54, 1.807) is 6.20 Å². The Kier molecular flexibility index (Phi) is 2.44. The molecule has 5 heteroatoms. The molecule has 1 aliphatic carbocycles. The third-order valence-electron chi connectivity index (χ3n) is 3.58. The molecule has 0 saturated heterocycles. The van der Waals surface area contributed by atoms with E-state index < -0.39 is 0 Å². The Morgan fingerprint density at radius 3 is 2.90 bits per heavy atom. The number of carbonyl (C=O) groups is 1. The molecule has 1 aromatic carbocycles. The van der Waals surface area contributed by atoms with Crippen LogP contribution in [0.2, 0.25) is 0 Å². The molecule has 100 valence electrons. The molecule has 0 unspecified atom stereocenters. The average molecular weight is 283 g/mol. The normalized spacial score (nSPS) is 14.8. The molecule has 3 aromatic rings. The number of hydrogen-bond donors (Lipinski definition) is 2. The topological polar surface area (TPSA) is 68.0 Å². The Bertz CT molecular complexity index is 836. The van der Waals surface area contributed by atoms with Crippen LogP contribution in [0.1, 0.15) is 22.5 Å². The summed E-state index contributed by atoms with van der Waals surface area (Å²) in [5, 5.41) is 4.91. The number of nitrogens with zero attached hydrogens (tertiary/aromatic N) is 1. The number of rotatable bonds is 2. The molecule has 0 radical (unpaired) electrons. The Morgan fingerprint density at radius 2 is 2.10 bits per heavy atom. The Hall–Kier alpha value is -2.14. The summed E-state index contributed by atoms with van der Waals surface area (Å²) in [6.45, 7) is 0. The van der Waals surface area contributed by atoms with E-state index in [0.29, 0.717) is 16.6 Å². The lowest BCUT2D eigenvalue weighted by Crippen LogP contribution is -2.25. The standard InChI is InChI=1S/C15H13N3OS/c16-12-10-7-17-11-4-2-1-3-9(11)13(10)20-14(12)15(19)18-8-5-6-8/h1-4,7-8H,5-6,16H2,(H,18,19). The van der Waals surface area contributed by atoms with E-state index in [1.165, 1.54) is 11.3 Å². The number of thiophene rings is 1. The van der Waals surface area contributed by atoms with Gasteiger partial charge in [-0.15, -0.1) is 11.3 Å². The number of nitrogens with one attached hydrogen (secondary N) is 1. The minimum atomic E-state index is -0.0599. The number of para-hydroxylation sites is 1. The Balaban J connectivity index is 1.92. The predicted molar refractivity (Wildman–Crippen MR) is 82.0 cm³/mol. The molecule has 0 atom stereocenters. The Morgan fingerprint density at radius 1 is 1.30 bits per heavy atom. The van der Waals surface area contributed by atoms with Crippen LogP contribution < -0.4 is 11.1 Å². The fourth-order valence-corrected chi connectivity index (χ4v) is 3.48. The van der Waals surface area contributed by atoms with Gasteiger partial charge in [0.2, 0.25) is 0 Å². The van der Waals surface area contributed by atoms with Gasteiger partial charge in [0.25, 0.3) is 5.91 Å². The molecule has 1 amide bonds. The van der Waals surface area contributed by atoms with Gasteiger partial charge in [0.1, 0.15) is 4.88 Å². The number of pyridine rings is 1. The highest BCUT2D eigenvalue weighted by Gasteiger charge is 2.26. The van der Waals surface area contributed by atoms with Crippen LogP contribution in [0.4, 0.5) is 5.69 Å². The smallest absolute Gasteiger partial charge is 0.263 e.